The Morgan fingerprint density at radius 2 is 1.67 bits per heavy atom. The molecule has 0 aromatic rings. The third-order valence-electron chi connectivity index (χ3n) is 5.19. The summed E-state index contributed by atoms with van der Waals surface area (Å²) in [6, 6.07) is 0. The lowest BCUT2D eigenvalue weighted by molar-refractivity contribution is -0.220. The van der Waals surface area contributed by atoms with Crippen molar-refractivity contribution in [2.24, 2.45) is 17.3 Å². The first-order chi connectivity index (χ1) is 6.76. The topological polar surface area (TPSA) is 18.5 Å². The Balaban J connectivity index is 1.96. The van der Waals surface area contributed by atoms with Crippen LogP contribution in [0.15, 0.2) is 0 Å². The van der Waals surface area contributed by atoms with Crippen LogP contribution in [-0.2, 0) is 9.47 Å². The van der Waals surface area contributed by atoms with Crippen LogP contribution in [-0.4, -0.2) is 17.5 Å². The van der Waals surface area contributed by atoms with Gasteiger partial charge in [-0.2, -0.15) is 0 Å². The first-order valence-corrected chi connectivity index (χ1v) is 6.14. The summed E-state index contributed by atoms with van der Waals surface area (Å²) < 4.78 is 12.2. The summed E-state index contributed by atoms with van der Waals surface area (Å²) in [4.78, 5) is 0. The van der Waals surface area contributed by atoms with Gasteiger partial charge in [-0.3, -0.25) is 0 Å². The van der Waals surface area contributed by atoms with Crippen LogP contribution >= 0.6 is 0 Å². The minimum atomic E-state index is -0.382. The zero-order valence-corrected chi connectivity index (χ0v) is 10.5. The molecule has 4 rings (SSSR count). The molecule has 0 amide bonds. The summed E-state index contributed by atoms with van der Waals surface area (Å²) in [5.41, 5.74) is 0.413. The fourth-order valence-corrected chi connectivity index (χ4v) is 4.30. The lowest BCUT2D eigenvalue weighted by Crippen LogP contribution is -2.65. The number of ether oxygens (including phenoxy) is 2. The van der Waals surface area contributed by atoms with E-state index in [2.05, 4.69) is 20.8 Å². The summed E-state index contributed by atoms with van der Waals surface area (Å²) >= 11 is 0. The van der Waals surface area contributed by atoms with E-state index in [1.807, 2.05) is 13.8 Å². The summed E-state index contributed by atoms with van der Waals surface area (Å²) in [5.74, 6) is 1.14. The molecule has 0 aromatic carbocycles. The van der Waals surface area contributed by atoms with Gasteiger partial charge in [0.1, 0.15) is 0 Å². The van der Waals surface area contributed by atoms with Gasteiger partial charge in [-0.15, -0.1) is 0 Å². The van der Waals surface area contributed by atoms with Gasteiger partial charge in [0.05, 0.1) is 11.7 Å². The largest absolute Gasteiger partial charge is 0.344 e. The molecule has 1 saturated heterocycles. The summed E-state index contributed by atoms with van der Waals surface area (Å²) in [7, 11) is 0. The minimum absolute atomic E-state index is 0.0399. The van der Waals surface area contributed by atoms with Crippen molar-refractivity contribution in [2.75, 3.05) is 0 Å². The van der Waals surface area contributed by atoms with Gasteiger partial charge in [-0.1, -0.05) is 13.8 Å². The molecule has 4 fully saturated rings. The van der Waals surface area contributed by atoms with Crippen LogP contribution in [0.2, 0.25) is 0 Å². The van der Waals surface area contributed by atoms with E-state index in [9.17, 15) is 0 Å². The molecule has 2 heteroatoms. The summed E-state index contributed by atoms with van der Waals surface area (Å²) in [6.07, 6.45) is 2.84. The fraction of sp³-hybridized carbons (Fsp3) is 1.00. The molecular formula is C13H22O2. The van der Waals surface area contributed by atoms with E-state index in [1.54, 1.807) is 0 Å². The van der Waals surface area contributed by atoms with Crippen molar-refractivity contribution < 1.29 is 9.47 Å². The molecule has 2 bridgehead atoms. The summed E-state index contributed by atoms with van der Waals surface area (Å²) in [6.45, 7) is 11.1. The Morgan fingerprint density at radius 1 is 1.00 bits per heavy atom. The Hall–Kier alpha value is -0.0800. The molecule has 0 radical (unpaired) electrons. The van der Waals surface area contributed by atoms with E-state index in [4.69, 9.17) is 9.47 Å². The SMILES string of the molecule is CC1(C)OC2CC3CC(C3(C)C)[C@@]2(C)O1. The number of hydrogen-bond donors (Lipinski definition) is 0. The Morgan fingerprint density at radius 3 is 2.27 bits per heavy atom. The van der Waals surface area contributed by atoms with Crippen molar-refractivity contribution in [2.45, 2.75) is 65.0 Å². The first-order valence-electron chi connectivity index (χ1n) is 6.14. The smallest absolute Gasteiger partial charge is 0.164 e. The van der Waals surface area contributed by atoms with Crippen molar-refractivity contribution in [3.8, 4) is 0 Å². The van der Waals surface area contributed by atoms with Crippen LogP contribution in [0.4, 0.5) is 0 Å². The highest BCUT2D eigenvalue weighted by Gasteiger charge is 2.68. The van der Waals surface area contributed by atoms with Gasteiger partial charge in [-0.25, -0.2) is 0 Å². The van der Waals surface area contributed by atoms with Crippen molar-refractivity contribution in [3.05, 3.63) is 0 Å². The molecule has 1 aliphatic heterocycles. The second-order valence-electron chi connectivity index (χ2n) is 6.83. The van der Waals surface area contributed by atoms with Gasteiger partial charge >= 0.3 is 0 Å². The Kier molecular flexibility index (Phi) is 1.64. The lowest BCUT2D eigenvalue weighted by atomic mass is 9.43. The Bertz CT molecular complexity index is 308. The van der Waals surface area contributed by atoms with E-state index >= 15 is 0 Å². The third kappa shape index (κ3) is 1.07. The van der Waals surface area contributed by atoms with Crippen molar-refractivity contribution in [1.29, 1.82) is 0 Å². The van der Waals surface area contributed by atoms with E-state index in [1.165, 1.54) is 12.8 Å². The second kappa shape index (κ2) is 2.43. The minimum Gasteiger partial charge on any atom is -0.344 e. The van der Waals surface area contributed by atoms with Gasteiger partial charge in [0.15, 0.2) is 5.79 Å². The molecule has 1 heterocycles. The van der Waals surface area contributed by atoms with Crippen molar-refractivity contribution in [1.82, 2.24) is 0 Å². The monoisotopic (exact) mass is 210 g/mol. The lowest BCUT2D eigenvalue weighted by Gasteiger charge is -2.64. The zero-order valence-electron chi connectivity index (χ0n) is 10.5. The van der Waals surface area contributed by atoms with Gasteiger partial charge < -0.3 is 9.47 Å². The molecule has 3 saturated carbocycles. The highest BCUT2D eigenvalue weighted by Crippen LogP contribution is 2.66. The molecular weight excluding hydrogens is 188 g/mol. The van der Waals surface area contributed by atoms with E-state index in [-0.39, 0.29) is 11.4 Å². The third-order valence-corrected chi connectivity index (χ3v) is 5.19. The van der Waals surface area contributed by atoms with Gasteiger partial charge in [0.2, 0.25) is 0 Å². The van der Waals surface area contributed by atoms with Gasteiger partial charge in [-0.05, 0) is 50.9 Å². The molecule has 0 N–H and O–H groups in total. The van der Waals surface area contributed by atoms with Crippen LogP contribution in [0, 0.1) is 17.3 Å². The molecule has 2 nitrogen and oxygen atoms in total. The summed E-state index contributed by atoms with van der Waals surface area (Å²) in [5, 5.41) is 0. The van der Waals surface area contributed by atoms with Crippen molar-refractivity contribution >= 4 is 0 Å². The fourth-order valence-electron chi connectivity index (χ4n) is 4.30. The molecule has 0 spiro atoms. The molecule has 4 atom stereocenters. The van der Waals surface area contributed by atoms with E-state index in [0.717, 1.165) is 5.92 Å². The maximum atomic E-state index is 6.20. The van der Waals surface area contributed by atoms with Crippen LogP contribution in [0.25, 0.3) is 0 Å². The van der Waals surface area contributed by atoms with E-state index in [0.29, 0.717) is 17.4 Å². The van der Waals surface area contributed by atoms with Gasteiger partial charge in [0, 0.05) is 0 Å². The highest BCUT2D eigenvalue weighted by atomic mass is 16.8. The molecule has 3 unspecified atom stereocenters. The molecule has 4 aliphatic rings. The molecule has 86 valence electrons. The van der Waals surface area contributed by atoms with Crippen LogP contribution in [0.3, 0.4) is 0 Å². The molecule has 15 heavy (non-hydrogen) atoms. The van der Waals surface area contributed by atoms with Gasteiger partial charge in [0.25, 0.3) is 0 Å². The number of rotatable bonds is 0. The standard InChI is InChI=1S/C13H22O2/c1-11(2)8-6-9(11)13(5)10(7-8)14-12(3,4)15-13/h8-10H,6-7H2,1-5H3/t8?,9?,10?,13-/m1/s1. The van der Waals surface area contributed by atoms with Crippen LogP contribution < -0.4 is 0 Å². The zero-order chi connectivity index (χ0) is 11.1. The molecule has 3 aliphatic carbocycles. The average molecular weight is 210 g/mol. The van der Waals surface area contributed by atoms with Crippen molar-refractivity contribution in [3.63, 3.8) is 0 Å². The number of hydrogen-bond acceptors (Lipinski definition) is 2. The maximum Gasteiger partial charge on any atom is 0.164 e. The van der Waals surface area contributed by atoms with E-state index < -0.39 is 0 Å². The Labute approximate surface area is 92.3 Å². The predicted octanol–water partition coefficient (Wildman–Crippen LogP) is 2.96. The first kappa shape index (κ1) is 10.1. The quantitative estimate of drug-likeness (QED) is 0.612. The highest BCUT2D eigenvalue weighted by molar-refractivity contribution is 5.15. The predicted molar refractivity (Wildman–Crippen MR) is 58.4 cm³/mol. The average Bonchev–Trinajstić information content (AvgIpc) is 2.31. The normalized spacial score (nSPS) is 54.6. The second-order valence-corrected chi connectivity index (χ2v) is 6.83. The van der Waals surface area contributed by atoms with Crippen LogP contribution in [0.1, 0.15) is 47.5 Å². The maximum absolute atomic E-state index is 6.20. The molecule has 0 aromatic heterocycles. The van der Waals surface area contributed by atoms with Crippen LogP contribution in [0.5, 0.6) is 0 Å².